The van der Waals surface area contributed by atoms with Gasteiger partial charge in [0.25, 0.3) is 0 Å². The molecule has 4 nitrogen and oxygen atoms in total. The molecule has 6 heteroatoms. The first-order valence-electron chi connectivity index (χ1n) is 7.19. The number of likely N-dealkylation sites (tertiary alicyclic amines) is 1. The Morgan fingerprint density at radius 2 is 2.19 bits per heavy atom. The van der Waals surface area contributed by atoms with Gasteiger partial charge in [-0.05, 0) is 44.9 Å². The van der Waals surface area contributed by atoms with E-state index in [4.69, 9.17) is 0 Å². The van der Waals surface area contributed by atoms with Crippen molar-refractivity contribution in [2.24, 2.45) is 5.92 Å². The molecule has 1 fully saturated rings. The summed E-state index contributed by atoms with van der Waals surface area (Å²) in [6, 6.07) is 3.10. The SMILES string of the molecule is CC(C)N1CC[C@@H](CNC(=O)Nc2ccc(F)cc2F)C1. The summed E-state index contributed by atoms with van der Waals surface area (Å²) >= 11 is 0. The van der Waals surface area contributed by atoms with Crippen LogP contribution in [0.15, 0.2) is 18.2 Å². The van der Waals surface area contributed by atoms with Gasteiger partial charge in [-0.1, -0.05) is 0 Å². The number of carbonyl (C=O) groups is 1. The molecule has 1 aromatic rings. The van der Waals surface area contributed by atoms with E-state index in [9.17, 15) is 13.6 Å². The zero-order valence-electron chi connectivity index (χ0n) is 12.3. The summed E-state index contributed by atoms with van der Waals surface area (Å²) in [5, 5.41) is 5.13. The second-order valence-electron chi connectivity index (χ2n) is 5.70. The molecule has 116 valence electrons. The summed E-state index contributed by atoms with van der Waals surface area (Å²) < 4.78 is 26.2. The fourth-order valence-corrected chi connectivity index (χ4v) is 2.49. The van der Waals surface area contributed by atoms with Crippen LogP contribution in [0.1, 0.15) is 20.3 Å². The maximum Gasteiger partial charge on any atom is 0.319 e. The molecule has 21 heavy (non-hydrogen) atoms. The van der Waals surface area contributed by atoms with Crippen LogP contribution >= 0.6 is 0 Å². The van der Waals surface area contributed by atoms with Crippen LogP contribution < -0.4 is 10.6 Å². The molecule has 2 amide bonds. The van der Waals surface area contributed by atoms with Gasteiger partial charge in [-0.3, -0.25) is 0 Å². The lowest BCUT2D eigenvalue weighted by Crippen LogP contribution is -2.35. The average Bonchev–Trinajstić information content (AvgIpc) is 2.89. The quantitative estimate of drug-likeness (QED) is 0.897. The largest absolute Gasteiger partial charge is 0.338 e. The first-order chi connectivity index (χ1) is 9.95. The van der Waals surface area contributed by atoms with Crippen molar-refractivity contribution >= 4 is 11.7 Å². The summed E-state index contributed by atoms with van der Waals surface area (Å²) in [4.78, 5) is 14.1. The zero-order chi connectivity index (χ0) is 15.4. The van der Waals surface area contributed by atoms with Gasteiger partial charge in [-0.2, -0.15) is 0 Å². The lowest BCUT2D eigenvalue weighted by atomic mass is 10.1. The van der Waals surface area contributed by atoms with Gasteiger partial charge in [0.2, 0.25) is 0 Å². The lowest BCUT2D eigenvalue weighted by Gasteiger charge is -2.20. The van der Waals surface area contributed by atoms with E-state index in [1.54, 1.807) is 0 Å². The smallest absolute Gasteiger partial charge is 0.319 e. The predicted molar refractivity (Wildman–Crippen MR) is 78.2 cm³/mol. The molecule has 0 spiro atoms. The van der Waals surface area contributed by atoms with E-state index in [0.717, 1.165) is 31.6 Å². The van der Waals surface area contributed by atoms with E-state index >= 15 is 0 Å². The molecule has 0 bridgehead atoms. The van der Waals surface area contributed by atoms with Crippen LogP contribution in [0.3, 0.4) is 0 Å². The molecular formula is C15H21F2N3O. The highest BCUT2D eigenvalue weighted by Crippen LogP contribution is 2.18. The van der Waals surface area contributed by atoms with E-state index in [2.05, 4.69) is 29.4 Å². The predicted octanol–water partition coefficient (Wildman–Crippen LogP) is 2.82. The summed E-state index contributed by atoms with van der Waals surface area (Å²) in [7, 11) is 0. The number of amides is 2. The van der Waals surface area contributed by atoms with Gasteiger partial charge in [0.15, 0.2) is 0 Å². The molecule has 1 aromatic carbocycles. The monoisotopic (exact) mass is 297 g/mol. The first-order valence-corrected chi connectivity index (χ1v) is 7.19. The standard InChI is InChI=1S/C15H21F2N3O/c1-10(2)20-6-5-11(9-20)8-18-15(21)19-14-4-3-12(16)7-13(14)17/h3-4,7,10-11H,5-6,8-9H2,1-2H3,(H2,18,19,21)/t11-/m0/s1. The fourth-order valence-electron chi connectivity index (χ4n) is 2.49. The van der Waals surface area contributed by atoms with Crippen molar-refractivity contribution in [1.29, 1.82) is 0 Å². The highest BCUT2D eigenvalue weighted by atomic mass is 19.1. The highest BCUT2D eigenvalue weighted by molar-refractivity contribution is 5.89. The van der Waals surface area contributed by atoms with Gasteiger partial charge in [0, 0.05) is 25.2 Å². The van der Waals surface area contributed by atoms with Crippen molar-refractivity contribution in [3.8, 4) is 0 Å². The zero-order valence-corrected chi connectivity index (χ0v) is 12.3. The number of anilines is 1. The molecule has 1 atom stereocenters. The van der Waals surface area contributed by atoms with Gasteiger partial charge in [-0.25, -0.2) is 13.6 Å². The Labute approximate surface area is 123 Å². The second kappa shape index (κ2) is 6.85. The van der Waals surface area contributed by atoms with E-state index in [1.807, 2.05) is 0 Å². The Kier molecular flexibility index (Phi) is 5.12. The van der Waals surface area contributed by atoms with Crippen molar-refractivity contribution in [2.75, 3.05) is 25.0 Å². The van der Waals surface area contributed by atoms with Crippen molar-refractivity contribution in [3.05, 3.63) is 29.8 Å². The fraction of sp³-hybridized carbons (Fsp3) is 0.533. The molecular weight excluding hydrogens is 276 g/mol. The van der Waals surface area contributed by atoms with Crippen LogP contribution in [0.2, 0.25) is 0 Å². The molecule has 1 aliphatic heterocycles. The summed E-state index contributed by atoms with van der Waals surface area (Å²) in [6.45, 7) is 6.86. The summed E-state index contributed by atoms with van der Waals surface area (Å²) in [6.07, 6.45) is 1.05. The van der Waals surface area contributed by atoms with Crippen molar-refractivity contribution in [3.63, 3.8) is 0 Å². The van der Waals surface area contributed by atoms with Gasteiger partial charge < -0.3 is 15.5 Å². The minimum Gasteiger partial charge on any atom is -0.338 e. The Balaban J connectivity index is 1.78. The molecule has 0 radical (unpaired) electrons. The molecule has 0 aliphatic carbocycles. The third-order valence-corrected chi connectivity index (χ3v) is 3.78. The minimum absolute atomic E-state index is 0.0240. The second-order valence-corrected chi connectivity index (χ2v) is 5.70. The number of hydrogen-bond acceptors (Lipinski definition) is 2. The van der Waals surface area contributed by atoms with Gasteiger partial charge in [-0.15, -0.1) is 0 Å². The number of nitrogens with one attached hydrogen (secondary N) is 2. The van der Waals surface area contributed by atoms with Crippen LogP contribution in [0.5, 0.6) is 0 Å². The molecule has 2 N–H and O–H groups in total. The first kappa shape index (κ1) is 15.7. The number of carbonyl (C=O) groups excluding carboxylic acids is 1. The normalized spacial score (nSPS) is 19.0. The summed E-state index contributed by atoms with van der Waals surface area (Å²) in [5.74, 6) is -1.04. The van der Waals surface area contributed by atoms with Crippen LogP contribution in [-0.2, 0) is 0 Å². The van der Waals surface area contributed by atoms with Gasteiger partial charge in [0.05, 0.1) is 5.69 Å². The van der Waals surface area contributed by atoms with E-state index in [0.29, 0.717) is 18.5 Å². The van der Waals surface area contributed by atoms with E-state index in [-0.39, 0.29) is 5.69 Å². The van der Waals surface area contributed by atoms with Crippen LogP contribution in [0, 0.1) is 17.6 Å². The third-order valence-electron chi connectivity index (χ3n) is 3.78. The number of urea groups is 1. The van der Waals surface area contributed by atoms with E-state index < -0.39 is 17.7 Å². The van der Waals surface area contributed by atoms with Crippen LogP contribution in [0.4, 0.5) is 19.3 Å². The highest BCUT2D eigenvalue weighted by Gasteiger charge is 2.24. The third kappa shape index (κ3) is 4.39. The van der Waals surface area contributed by atoms with E-state index in [1.165, 1.54) is 6.07 Å². The molecule has 0 saturated carbocycles. The number of benzene rings is 1. The Bertz CT molecular complexity index is 508. The number of hydrogen-bond donors (Lipinski definition) is 2. The number of rotatable bonds is 4. The van der Waals surface area contributed by atoms with Crippen molar-refractivity contribution in [1.82, 2.24) is 10.2 Å². The maximum absolute atomic E-state index is 13.4. The van der Waals surface area contributed by atoms with Gasteiger partial charge >= 0.3 is 6.03 Å². The summed E-state index contributed by atoms with van der Waals surface area (Å²) in [5.41, 5.74) is -0.0240. The van der Waals surface area contributed by atoms with Crippen LogP contribution in [0.25, 0.3) is 0 Å². The maximum atomic E-state index is 13.4. The van der Waals surface area contributed by atoms with Crippen molar-refractivity contribution < 1.29 is 13.6 Å². The van der Waals surface area contributed by atoms with Crippen LogP contribution in [-0.4, -0.2) is 36.6 Å². The topological polar surface area (TPSA) is 44.4 Å². The molecule has 0 aromatic heterocycles. The molecule has 2 rings (SSSR count). The Morgan fingerprint density at radius 3 is 2.81 bits per heavy atom. The lowest BCUT2D eigenvalue weighted by molar-refractivity contribution is 0.247. The Hall–Kier alpha value is -1.69. The van der Waals surface area contributed by atoms with Crippen molar-refractivity contribution in [2.45, 2.75) is 26.3 Å². The molecule has 1 heterocycles. The number of nitrogens with zero attached hydrogens (tertiary/aromatic N) is 1. The van der Waals surface area contributed by atoms with Gasteiger partial charge in [0.1, 0.15) is 11.6 Å². The average molecular weight is 297 g/mol. The Morgan fingerprint density at radius 1 is 1.43 bits per heavy atom. The number of halogens is 2. The molecule has 1 aliphatic rings. The molecule has 1 saturated heterocycles. The molecule has 0 unspecified atom stereocenters. The minimum atomic E-state index is -0.781.